The molecule has 108 valence electrons. The first kappa shape index (κ1) is 13.7. The summed E-state index contributed by atoms with van der Waals surface area (Å²) in [5, 5.41) is -0.0743. The van der Waals surface area contributed by atoms with Crippen molar-refractivity contribution < 1.29 is 4.74 Å². The van der Waals surface area contributed by atoms with E-state index in [1.807, 2.05) is 19.1 Å². The van der Waals surface area contributed by atoms with Gasteiger partial charge in [0.1, 0.15) is 11.6 Å². The van der Waals surface area contributed by atoms with Crippen LogP contribution in [0, 0.1) is 5.92 Å². The first-order valence-corrected chi connectivity index (χ1v) is 7.81. The molecule has 1 atom stereocenters. The average molecular weight is 293 g/mol. The highest BCUT2D eigenvalue weighted by molar-refractivity contribution is 6.20. The number of fused-ring (bicyclic) bond motifs is 1. The van der Waals surface area contributed by atoms with Gasteiger partial charge in [-0.2, -0.15) is 0 Å². The van der Waals surface area contributed by atoms with Crippen LogP contribution in [0.1, 0.15) is 43.8 Å². The van der Waals surface area contributed by atoms with Crippen molar-refractivity contribution in [2.75, 3.05) is 7.11 Å². The van der Waals surface area contributed by atoms with Crippen LogP contribution in [0.3, 0.4) is 0 Å². The minimum absolute atomic E-state index is 0.0743. The lowest BCUT2D eigenvalue weighted by Gasteiger charge is -2.25. The van der Waals surface area contributed by atoms with Crippen molar-refractivity contribution in [2.45, 2.75) is 44.5 Å². The lowest BCUT2D eigenvalue weighted by atomic mass is 9.83. The summed E-state index contributed by atoms with van der Waals surface area (Å²) in [5.74, 6) is 2.70. The summed E-state index contributed by atoms with van der Waals surface area (Å²) in [4.78, 5) is 4.69. The number of ether oxygens (including phenoxy) is 1. The van der Waals surface area contributed by atoms with E-state index in [1.54, 1.807) is 7.11 Å². The van der Waals surface area contributed by atoms with E-state index in [0.717, 1.165) is 35.1 Å². The molecule has 1 aliphatic rings. The second kappa shape index (κ2) is 5.65. The average Bonchev–Trinajstić information content (AvgIpc) is 2.75. The number of hydrogen-bond acceptors (Lipinski definition) is 2. The van der Waals surface area contributed by atoms with Crippen molar-refractivity contribution in [2.24, 2.45) is 5.92 Å². The van der Waals surface area contributed by atoms with E-state index in [-0.39, 0.29) is 5.38 Å². The molecule has 0 saturated heterocycles. The van der Waals surface area contributed by atoms with Crippen molar-refractivity contribution >= 4 is 22.6 Å². The Morgan fingerprint density at radius 3 is 2.85 bits per heavy atom. The lowest BCUT2D eigenvalue weighted by molar-refractivity contribution is 0.282. The number of aromatic nitrogens is 2. The smallest absolute Gasteiger partial charge is 0.127 e. The maximum absolute atomic E-state index is 6.30. The zero-order valence-corrected chi connectivity index (χ0v) is 12.9. The summed E-state index contributed by atoms with van der Waals surface area (Å²) in [6, 6.07) is 6.06. The van der Waals surface area contributed by atoms with Crippen LogP contribution in [-0.4, -0.2) is 16.7 Å². The van der Waals surface area contributed by atoms with Gasteiger partial charge >= 0.3 is 0 Å². The van der Waals surface area contributed by atoms with E-state index < -0.39 is 0 Å². The van der Waals surface area contributed by atoms with Crippen molar-refractivity contribution in [3.05, 3.63) is 24.0 Å². The number of benzene rings is 1. The quantitative estimate of drug-likeness (QED) is 0.757. The van der Waals surface area contributed by atoms with E-state index in [1.165, 1.54) is 25.7 Å². The van der Waals surface area contributed by atoms with Crippen molar-refractivity contribution in [3.8, 4) is 5.75 Å². The molecule has 0 aliphatic heterocycles. The Balaban J connectivity index is 1.95. The zero-order chi connectivity index (χ0) is 14.1. The van der Waals surface area contributed by atoms with E-state index in [9.17, 15) is 0 Å². The summed E-state index contributed by atoms with van der Waals surface area (Å²) < 4.78 is 7.56. The first-order chi connectivity index (χ1) is 9.69. The molecule has 1 heterocycles. The Morgan fingerprint density at radius 2 is 2.25 bits per heavy atom. The molecule has 1 fully saturated rings. The number of hydrogen-bond donors (Lipinski definition) is 0. The second-order valence-electron chi connectivity index (χ2n) is 5.68. The van der Waals surface area contributed by atoms with Gasteiger partial charge in [0, 0.05) is 12.6 Å². The number of aryl methyl sites for hydroxylation is 1. The fraction of sp³-hybridized carbons (Fsp3) is 0.562. The Bertz CT molecular complexity index is 602. The molecule has 0 radical (unpaired) electrons. The topological polar surface area (TPSA) is 27.1 Å². The molecule has 1 aromatic heterocycles. The van der Waals surface area contributed by atoms with Gasteiger partial charge < -0.3 is 9.30 Å². The first-order valence-electron chi connectivity index (χ1n) is 7.37. The number of alkyl halides is 1. The van der Waals surface area contributed by atoms with Gasteiger partial charge in [0.2, 0.25) is 0 Å². The molecule has 3 nitrogen and oxygen atoms in total. The molecular formula is C16H21ClN2O. The summed E-state index contributed by atoms with van der Waals surface area (Å²) in [6.07, 6.45) is 5.39. The normalized spacial score (nSPS) is 17.1. The van der Waals surface area contributed by atoms with Crippen LogP contribution in [0.5, 0.6) is 5.75 Å². The summed E-state index contributed by atoms with van der Waals surface area (Å²) in [6.45, 7) is 3.00. The van der Waals surface area contributed by atoms with Crippen LogP contribution in [-0.2, 0) is 6.54 Å². The maximum atomic E-state index is 6.30. The highest BCUT2D eigenvalue weighted by Gasteiger charge is 2.20. The van der Waals surface area contributed by atoms with Gasteiger partial charge in [-0.25, -0.2) is 4.98 Å². The van der Waals surface area contributed by atoms with Crippen LogP contribution < -0.4 is 4.74 Å². The SMILES string of the molecule is COc1ccc2c(c1)nc(C(C)Cl)n2CCC1CCC1. The standard InChI is InChI=1S/C16H21ClN2O/c1-11(17)16-18-14-10-13(20-2)6-7-15(14)19(16)9-8-12-4-3-5-12/h6-7,10-12H,3-5,8-9H2,1-2H3. The van der Waals surface area contributed by atoms with Crippen LogP contribution in [0.2, 0.25) is 0 Å². The highest BCUT2D eigenvalue weighted by Crippen LogP contribution is 2.32. The molecule has 0 spiro atoms. The third-order valence-electron chi connectivity index (χ3n) is 4.33. The van der Waals surface area contributed by atoms with Gasteiger partial charge in [-0.3, -0.25) is 0 Å². The predicted octanol–water partition coefficient (Wildman–Crippen LogP) is 4.53. The molecule has 20 heavy (non-hydrogen) atoms. The molecule has 0 bridgehead atoms. The van der Waals surface area contributed by atoms with Gasteiger partial charge in [0.05, 0.1) is 23.5 Å². The molecule has 1 unspecified atom stereocenters. The van der Waals surface area contributed by atoms with E-state index in [0.29, 0.717) is 0 Å². The van der Waals surface area contributed by atoms with Crippen molar-refractivity contribution in [1.29, 1.82) is 0 Å². The van der Waals surface area contributed by atoms with Crippen molar-refractivity contribution in [1.82, 2.24) is 9.55 Å². The molecular weight excluding hydrogens is 272 g/mol. The fourth-order valence-electron chi connectivity index (χ4n) is 2.89. The molecule has 0 N–H and O–H groups in total. The molecule has 4 heteroatoms. The Hall–Kier alpha value is -1.22. The summed E-state index contributed by atoms with van der Waals surface area (Å²) in [7, 11) is 1.68. The van der Waals surface area contributed by atoms with Gasteiger partial charge in [-0.15, -0.1) is 11.6 Å². The Kier molecular flexibility index (Phi) is 3.88. The van der Waals surface area contributed by atoms with Gasteiger partial charge in [0.25, 0.3) is 0 Å². The monoisotopic (exact) mass is 292 g/mol. The van der Waals surface area contributed by atoms with Crippen LogP contribution in [0.25, 0.3) is 11.0 Å². The van der Waals surface area contributed by atoms with Crippen LogP contribution in [0.4, 0.5) is 0 Å². The van der Waals surface area contributed by atoms with Crippen molar-refractivity contribution in [3.63, 3.8) is 0 Å². The van der Waals surface area contributed by atoms with E-state index in [4.69, 9.17) is 21.3 Å². The number of imidazole rings is 1. The Labute approximate surface area is 124 Å². The third kappa shape index (κ3) is 2.51. The molecule has 1 saturated carbocycles. The second-order valence-corrected chi connectivity index (χ2v) is 6.33. The minimum atomic E-state index is -0.0743. The number of rotatable bonds is 5. The molecule has 1 aromatic carbocycles. The fourth-order valence-corrected chi connectivity index (χ4v) is 3.05. The van der Waals surface area contributed by atoms with Gasteiger partial charge in [0.15, 0.2) is 0 Å². The minimum Gasteiger partial charge on any atom is -0.497 e. The summed E-state index contributed by atoms with van der Waals surface area (Å²) in [5.41, 5.74) is 2.13. The molecule has 0 amide bonds. The zero-order valence-electron chi connectivity index (χ0n) is 12.1. The summed E-state index contributed by atoms with van der Waals surface area (Å²) >= 11 is 6.30. The largest absolute Gasteiger partial charge is 0.497 e. The number of halogens is 1. The number of methoxy groups -OCH3 is 1. The van der Waals surface area contributed by atoms with Crippen LogP contribution >= 0.6 is 11.6 Å². The molecule has 2 aromatic rings. The highest BCUT2D eigenvalue weighted by atomic mass is 35.5. The number of nitrogens with zero attached hydrogens (tertiary/aromatic N) is 2. The van der Waals surface area contributed by atoms with Crippen LogP contribution in [0.15, 0.2) is 18.2 Å². The lowest BCUT2D eigenvalue weighted by Crippen LogP contribution is -2.15. The van der Waals surface area contributed by atoms with E-state index in [2.05, 4.69) is 10.6 Å². The maximum Gasteiger partial charge on any atom is 0.127 e. The molecule has 1 aliphatic carbocycles. The van der Waals surface area contributed by atoms with Gasteiger partial charge in [-0.05, 0) is 31.4 Å². The van der Waals surface area contributed by atoms with E-state index >= 15 is 0 Å². The third-order valence-corrected chi connectivity index (χ3v) is 4.52. The predicted molar refractivity (Wildman–Crippen MR) is 82.5 cm³/mol. The molecule has 3 rings (SSSR count). The Morgan fingerprint density at radius 1 is 1.45 bits per heavy atom. The van der Waals surface area contributed by atoms with Gasteiger partial charge in [-0.1, -0.05) is 19.3 Å².